The molecule has 3 aromatic rings. The van der Waals surface area contributed by atoms with Crippen molar-refractivity contribution in [1.82, 2.24) is 15.0 Å². The summed E-state index contributed by atoms with van der Waals surface area (Å²) in [6.07, 6.45) is 4.38. The normalized spacial score (nSPS) is 21.3. The first-order valence-corrected chi connectivity index (χ1v) is 18.4. The Bertz CT molecular complexity index is 1600. The second kappa shape index (κ2) is 14.1. The lowest BCUT2D eigenvalue weighted by Crippen LogP contribution is -2.36. The summed E-state index contributed by atoms with van der Waals surface area (Å²) in [7, 11) is -0.941. The maximum absolute atomic E-state index is 13.8. The first kappa shape index (κ1) is 33.9. The highest BCUT2D eigenvalue weighted by Gasteiger charge is 2.46. The fraction of sp³-hybridized carbons (Fsp3) is 0.545. The van der Waals surface area contributed by atoms with E-state index in [-0.39, 0.29) is 29.8 Å². The summed E-state index contributed by atoms with van der Waals surface area (Å²) in [4.78, 5) is 40.7. The number of hydrogen-bond donors (Lipinski definition) is 0. The molecule has 46 heavy (non-hydrogen) atoms. The number of ether oxygens (including phenoxy) is 3. The monoisotopic (exact) mass is 663 g/mol. The molecule has 0 N–H and O–H groups in total. The Hall–Kier alpha value is -3.45. The van der Waals surface area contributed by atoms with Gasteiger partial charge in [-0.1, -0.05) is 5.21 Å². The Morgan fingerprint density at radius 2 is 1.74 bits per heavy atom. The van der Waals surface area contributed by atoms with Crippen LogP contribution in [0.4, 0.5) is 13.2 Å². The van der Waals surface area contributed by atoms with E-state index in [9.17, 15) is 27.6 Å². The molecule has 0 unspecified atom stereocenters. The van der Waals surface area contributed by atoms with Crippen LogP contribution >= 0.6 is 10.0 Å². The van der Waals surface area contributed by atoms with Crippen molar-refractivity contribution in [3.05, 3.63) is 63.9 Å². The number of nitrogens with zero attached hydrogens (tertiary/aromatic N) is 3. The molecule has 0 amide bonds. The molecule has 250 valence electrons. The van der Waals surface area contributed by atoms with Gasteiger partial charge in [-0.2, -0.15) is 13.2 Å². The fourth-order valence-electron chi connectivity index (χ4n) is 6.08. The number of fused-ring (bicyclic) bond motifs is 1. The quantitative estimate of drug-likeness (QED) is 0.199. The first-order valence-electron chi connectivity index (χ1n) is 15.4. The number of benzene rings is 2. The maximum atomic E-state index is 13.8. The zero-order valence-corrected chi connectivity index (χ0v) is 27.1. The zero-order valence-electron chi connectivity index (χ0n) is 26.3. The molecule has 2 heterocycles. The van der Waals surface area contributed by atoms with E-state index in [0.717, 1.165) is 48.9 Å². The molecule has 2 fully saturated rings. The summed E-state index contributed by atoms with van der Waals surface area (Å²) in [6.45, 7) is 2.14. The molecule has 5 rings (SSSR count). The lowest BCUT2D eigenvalue weighted by Gasteiger charge is -2.27. The van der Waals surface area contributed by atoms with Crippen LogP contribution < -0.4 is 10.3 Å². The van der Waals surface area contributed by atoms with E-state index in [4.69, 9.17) is 14.2 Å². The highest BCUT2D eigenvalue weighted by atomic mass is 32.3. The van der Waals surface area contributed by atoms with E-state index < -0.39 is 51.1 Å². The van der Waals surface area contributed by atoms with Crippen molar-refractivity contribution in [3.63, 3.8) is 0 Å². The van der Waals surface area contributed by atoms with Gasteiger partial charge in [0.25, 0.3) is 5.56 Å². The van der Waals surface area contributed by atoms with Crippen LogP contribution in [0, 0.1) is 23.7 Å². The Morgan fingerprint density at radius 1 is 1.02 bits per heavy atom. The molecule has 1 saturated carbocycles. The van der Waals surface area contributed by atoms with Crippen molar-refractivity contribution in [1.29, 1.82) is 0 Å². The van der Waals surface area contributed by atoms with E-state index >= 15 is 0 Å². The number of Topliss-reactive ketones (excluding diaryl/α,β-unsaturated/α-hetero) is 1. The number of esters is 1. The molecule has 1 aliphatic carbocycles. The van der Waals surface area contributed by atoms with Gasteiger partial charge in [-0.3, -0.25) is 14.4 Å². The number of carbonyl (C=O) groups is 2. The largest absolute Gasteiger partial charge is 0.493 e. The maximum Gasteiger partial charge on any atom is 0.416 e. The number of rotatable bonds is 11. The van der Waals surface area contributed by atoms with Crippen molar-refractivity contribution in [2.24, 2.45) is 23.7 Å². The number of carbonyl (C=O) groups excluding carboxylic acids is 2. The van der Waals surface area contributed by atoms with Crippen LogP contribution in [0.15, 0.2) is 47.3 Å². The summed E-state index contributed by atoms with van der Waals surface area (Å²) < 4.78 is 58.1. The molecule has 1 saturated heterocycles. The van der Waals surface area contributed by atoms with E-state index in [2.05, 4.69) is 29.1 Å². The van der Waals surface area contributed by atoms with Gasteiger partial charge in [-0.15, -0.1) is 5.10 Å². The van der Waals surface area contributed by atoms with Crippen LogP contribution in [0.3, 0.4) is 0 Å². The Kier molecular flexibility index (Phi) is 10.4. The van der Waals surface area contributed by atoms with Gasteiger partial charge in [-0.25, -0.2) is 14.7 Å². The predicted octanol–water partition coefficient (Wildman–Crippen LogP) is 5.38. The molecule has 1 aromatic heterocycles. The van der Waals surface area contributed by atoms with Gasteiger partial charge >= 0.3 is 12.1 Å². The third-order valence-corrected chi connectivity index (χ3v) is 10.2. The van der Waals surface area contributed by atoms with Crippen LogP contribution in [0.2, 0.25) is 0 Å². The second-order valence-corrected chi connectivity index (χ2v) is 17.6. The molecule has 0 radical (unpaired) electrons. The minimum Gasteiger partial charge on any atom is -0.493 e. The highest BCUT2D eigenvalue weighted by molar-refractivity contribution is 8.32. The van der Waals surface area contributed by atoms with Gasteiger partial charge in [0.05, 0.1) is 36.6 Å². The van der Waals surface area contributed by atoms with Gasteiger partial charge in [-0.05, 0) is 98.8 Å². The standard InChI is InChI=1S/C33H40F3N3O6S/c1-46(2,3)17-16-44-32(42)29-23(19-39-31(41)27-18-24(33(34,35)36)7-11-28(27)37-38-39)6-10-26(29)30(40)22-4-8-25(9-5-22)45-20-21-12-14-43-15-13-21/h4-5,7-9,11,18,21,23,26,29H,6,10,12-17,19-20H2,1-3H3/t23-,26-,29-/m0/s1. The fourth-order valence-corrected chi connectivity index (χ4v) is 6.66. The topological polar surface area (TPSA) is 110 Å². The molecular formula is C33H40F3N3O6S. The number of ketones is 1. The third kappa shape index (κ3) is 8.28. The molecular weight excluding hydrogens is 623 g/mol. The average Bonchev–Trinajstić information content (AvgIpc) is 3.44. The number of hydrogen-bond acceptors (Lipinski definition) is 8. The zero-order chi connectivity index (χ0) is 33.1. The van der Waals surface area contributed by atoms with E-state index in [1.54, 1.807) is 24.3 Å². The van der Waals surface area contributed by atoms with E-state index in [1.807, 2.05) is 0 Å². The molecule has 0 spiro atoms. The van der Waals surface area contributed by atoms with Gasteiger partial charge < -0.3 is 14.2 Å². The Balaban J connectivity index is 1.35. The van der Waals surface area contributed by atoms with Crippen LogP contribution in [0.5, 0.6) is 5.75 Å². The van der Waals surface area contributed by atoms with Crippen LogP contribution in [0.25, 0.3) is 10.9 Å². The van der Waals surface area contributed by atoms with Crippen molar-refractivity contribution in [2.75, 3.05) is 50.9 Å². The summed E-state index contributed by atoms with van der Waals surface area (Å²) in [6, 6.07) is 9.61. The van der Waals surface area contributed by atoms with Gasteiger partial charge in [0.2, 0.25) is 0 Å². The van der Waals surface area contributed by atoms with Crippen molar-refractivity contribution in [2.45, 2.75) is 38.4 Å². The summed E-state index contributed by atoms with van der Waals surface area (Å²) >= 11 is 0. The predicted molar refractivity (Wildman–Crippen MR) is 170 cm³/mol. The minimum absolute atomic E-state index is 0.0366. The van der Waals surface area contributed by atoms with Crippen molar-refractivity contribution in [3.8, 4) is 5.75 Å². The van der Waals surface area contributed by atoms with Crippen LogP contribution in [0.1, 0.15) is 41.6 Å². The summed E-state index contributed by atoms with van der Waals surface area (Å²) in [5.74, 6) is -1.05. The number of aromatic nitrogens is 3. The Morgan fingerprint density at radius 3 is 2.41 bits per heavy atom. The van der Waals surface area contributed by atoms with Crippen LogP contribution in [-0.4, -0.2) is 77.7 Å². The van der Waals surface area contributed by atoms with Crippen molar-refractivity contribution < 1.29 is 37.0 Å². The van der Waals surface area contributed by atoms with E-state index in [1.165, 1.54) is 0 Å². The summed E-state index contributed by atoms with van der Waals surface area (Å²) in [5, 5.41) is 7.69. The third-order valence-electron chi connectivity index (χ3n) is 8.76. The molecule has 0 bridgehead atoms. The molecule has 3 atom stereocenters. The van der Waals surface area contributed by atoms with Crippen LogP contribution in [-0.2, 0) is 27.0 Å². The SMILES string of the molecule is CS(C)(C)CCOC(=O)[C@H]1[C@H](Cn2nnc3ccc(C(F)(F)F)cc3c2=O)CC[C@@H]1C(=O)c1ccc(OCC2CCOCC2)cc1. The lowest BCUT2D eigenvalue weighted by atomic mass is 9.84. The number of alkyl halides is 3. The lowest BCUT2D eigenvalue weighted by molar-refractivity contribution is -0.150. The highest BCUT2D eigenvalue weighted by Crippen LogP contribution is 2.41. The van der Waals surface area contributed by atoms with Crippen molar-refractivity contribution >= 4 is 32.7 Å². The number of halogens is 3. The molecule has 2 aromatic carbocycles. The smallest absolute Gasteiger partial charge is 0.416 e. The first-order chi connectivity index (χ1) is 21.8. The minimum atomic E-state index is -4.63. The van der Waals surface area contributed by atoms with Gasteiger partial charge in [0.15, 0.2) is 5.78 Å². The van der Waals surface area contributed by atoms with Gasteiger partial charge in [0, 0.05) is 30.4 Å². The summed E-state index contributed by atoms with van der Waals surface area (Å²) in [5.41, 5.74) is -1.24. The molecule has 13 heteroatoms. The molecule has 1 aliphatic heterocycles. The molecule has 9 nitrogen and oxygen atoms in total. The Labute approximate surface area is 267 Å². The van der Waals surface area contributed by atoms with E-state index in [0.29, 0.717) is 42.4 Å². The second-order valence-electron chi connectivity index (χ2n) is 13.0. The molecule has 2 aliphatic rings. The van der Waals surface area contributed by atoms with Gasteiger partial charge in [0.1, 0.15) is 11.3 Å². The average molecular weight is 664 g/mol.